The first kappa shape index (κ1) is 9.82. The number of hydrogen-bond acceptors (Lipinski definition) is 1. The van der Waals surface area contributed by atoms with E-state index in [1.165, 1.54) is 6.07 Å². The predicted octanol–water partition coefficient (Wildman–Crippen LogP) is 2.64. The largest absolute Gasteiger partial charge is 0.481 e. The maximum Gasteiger partial charge on any atom is 0.309 e. The van der Waals surface area contributed by atoms with Crippen molar-refractivity contribution >= 4 is 5.97 Å². The first-order valence-electron chi connectivity index (χ1n) is 5.48. The molecule has 16 heavy (non-hydrogen) atoms. The highest BCUT2D eigenvalue weighted by molar-refractivity contribution is 5.80. The highest BCUT2D eigenvalue weighted by Gasteiger charge is 2.72. The van der Waals surface area contributed by atoms with Gasteiger partial charge in [0.05, 0.1) is 5.41 Å². The van der Waals surface area contributed by atoms with Crippen molar-refractivity contribution in [2.24, 2.45) is 5.41 Å². The Balaban J connectivity index is 1.87. The van der Waals surface area contributed by atoms with Gasteiger partial charge in [-0.3, -0.25) is 4.79 Å². The Bertz CT molecular complexity index is 473. The molecule has 3 aliphatic carbocycles. The number of carbonyl (C=O) groups is 1. The van der Waals surface area contributed by atoms with E-state index in [0.717, 1.165) is 24.8 Å². The molecule has 2 nitrogen and oxygen atoms in total. The van der Waals surface area contributed by atoms with Crippen LogP contribution in [0, 0.1) is 18.2 Å². The lowest BCUT2D eigenvalue weighted by molar-refractivity contribution is -0.194. The fourth-order valence-corrected chi connectivity index (χ4v) is 3.30. The number of carboxylic acids is 1. The van der Waals surface area contributed by atoms with Gasteiger partial charge in [0.1, 0.15) is 5.82 Å². The summed E-state index contributed by atoms with van der Waals surface area (Å²) in [5.41, 5.74) is 1.33. The summed E-state index contributed by atoms with van der Waals surface area (Å²) in [6.45, 7) is 1.75. The van der Waals surface area contributed by atoms with Crippen molar-refractivity contribution in [3.05, 3.63) is 35.1 Å². The standard InChI is InChI=1S/C13H13FO2/c1-8-4-9(2-3-10(8)14)12-5-13(6-12,7-12)11(15)16/h2-4H,5-7H2,1H3,(H,15,16). The summed E-state index contributed by atoms with van der Waals surface area (Å²) >= 11 is 0. The molecule has 4 rings (SSSR count). The van der Waals surface area contributed by atoms with Gasteiger partial charge in [-0.25, -0.2) is 4.39 Å². The summed E-state index contributed by atoms with van der Waals surface area (Å²) < 4.78 is 13.1. The third-order valence-corrected chi connectivity index (χ3v) is 4.25. The van der Waals surface area contributed by atoms with Gasteiger partial charge in [0, 0.05) is 0 Å². The van der Waals surface area contributed by atoms with Crippen molar-refractivity contribution in [1.82, 2.24) is 0 Å². The van der Waals surface area contributed by atoms with Gasteiger partial charge in [-0.1, -0.05) is 12.1 Å². The zero-order valence-corrected chi connectivity index (χ0v) is 9.09. The van der Waals surface area contributed by atoms with E-state index in [4.69, 9.17) is 5.11 Å². The molecule has 0 atom stereocenters. The second-order valence-electron chi connectivity index (χ2n) is 5.36. The fraction of sp³-hybridized carbons (Fsp3) is 0.462. The number of benzene rings is 1. The lowest BCUT2D eigenvalue weighted by Crippen LogP contribution is -2.67. The fourth-order valence-electron chi connectivity index (χ4n) is 3.30. The lowest BCUT2D eigenvalue weighted by atomic mass is 9.33. The van der Waals surface area contributed by atoms with Gasteiger partial charge in [-0.2, -0.15) is 0 Å². The van der Waals surface area contributed by atoms with Gasteiger partial charge >= 0.3 is 5.97 Å². The first-order valence-corrected chi connectivity index (χ1v) is 5.48. The van der Waals surface area contributed by atoms with Crippen LogP contribution in [0.4, 0.5) is 4.39 Å². The molecule has 1 aromatic rings. The molecule has 0 spiro atoms. The molecular weight excluding hydrogens is 207 g/mol. The van der Waals surface area contributed by atoms with E-state index < -0.39 is 11.4 Å². The Labute approximate surface area is 93.1 Å². The smallest absolute Gasteiger partial charge is 0.309 e. The van der Waals surface area contributed by atoms with Crippen LogP contribution >= 0.6 is 0 Å². The van der Waals surface area contributed by atoms with Crippen LogP contribution in [0.15, 0.2) is 18.2 Å². The first-order chi connectivity index (χ1) is 7.47. The molecule has 3 heteroatoms. The maximum absolute atomic E-state index is 13.1. The number of aryl methyl sites for hydroxylation is 1. The molecule has 3 saturated carbocycles. The number of hydrogen-bond donors (Lipinski definition) is 1. The van der Waals surface area contributed by atoms with Crippen molar-refractivity contribution in [2.45, 2.75) is 31.6 Å². The molecule has 0 aliphatic heterocycles. The summed E-state index contributed by atoms with van der Waals surface area (Å²) in [5, 5.41) is 9.03. The van der Waals surface area contributed by atoms with Crippen LogP contribution in [-0.4, -0.2) is 11.1 Å². The zero-order chi connectivity index (χ0) is 11.6. The lowest BCUT2D eigenvalue weighted by Gasteiger charge is -2.68. The Kier molecular flexibility index (Phi) is 1.63. The normalized spacial score (nSPS) is 35.1. The van der Waals surface area contributed by atoms with Gasteiger partial charge in [0.25, 0.3) is 0 Å². The topological polar surface area (TPSA) is 37.3 Å². The average Bonchev–Trinajstić information content (AvgIpc) is 2.05. The van der Waals surface area contributed by atoms with E-state index >= 15 is 0 Å². The van der Waals surface area contributed by atoms with Crippen LogP contribution < -0.4 is 0 Å². The Hall–Kier alpha value is -1.38. The molecule has 0 heterocycles. The van der Waals surface area contributed by atoms with Crippen LogP contribution in [0.25, 0.3) is 0 Å². The molecule has 0 saturated heterocycles. The number of halogens is 1. The summed E-state index contributed by atoms with van der Waals surface area (Å²) in [6, 6.07) is 5.14. The zero-order valence-electron chi connectivity index (χ0n) is 9.09. The Morgan fingerprint density at radius 2 is 2.00 bits per heavy atom. The van der Waals surface area contributed by atoms with Crippen LogP contribution in [0.3, 0.4) is 0 Å². The molecule has 2 bridgehead atoms. The molecule has 1 aromatic carbocycles. The molecule has 0 amide bonds. The highest BCUT2D eigenvalue weighted by atomic mass is 19.1. The predicted molar refractivity (Wildman–Crippen MR) is 56.7 cm³/mol. The third kappa shape index (κ3) is 0.984. The third-order valence-electron chi connectivity index (χ3n) is 4.25. The van der Waals surface area contributed by atoms with Crippen LogP contribution in [0.2, 0.25) is 0 Å². The van der Waals surface area contributed by atoms with E-state index in [2.05, 4.69) is 0 Å². The minimum absolute atomic E-state index is 0.0385. The molecule has 0 radical (unpaired) electrons. The van der Waals surface area contributed by atoms with Gasteiger partial charge in [0.15, 0.2) is 0 Å². The van der Waals surface area contributed by atoms with E-state index in [9.17, 15) is 9.18 Å². The second-order valence-corrected chi connectivity index (χ2v) is 5.36. The van der Waals surface area contributed by atoms with Crippen molar-refractivity contribution in [3.63, 3.8) is 0 Å². The number of aliphatic carboxylic acids is 1. The average molecular weight is 220 g/mol. The molecule has 0 unspecified atom stereocenters. The Morgan fingerprint density at radius 1 is 1.38 bits per heavy atom. The van der Waals surface area contributed by atoms with Crippen molar-refractivity contribution in [3.8, 4) is 0 Å². The highest BCUT2D eigenvalue weighted by Crippen LogP contribution is 2.73. The molecule has 3 fully saturated rings. The second kappa shape index (κ2) is 2.65. The SMILES string of the molecule is Cc1cc(C23CC(C(=O)O)(C2)C3)ccc1F. The monoisotopic (exact) mass is 220 g/mol. The quantitative estimate of drug-likeness (QED) is 0.831. The van der Waals surface area contributed by atoms with Crippen molar-refractivity contribution < 1.29 is 14.3 Å². The minimum Gasteiger partial charge on any atom is -0.481 e. The molecule has 1 N–H and O–H groups in total. The summed E-state index contributed by atoms with van der Waals surface area (Å²) in [4.78, 5) is 11.0. The minimum atomic E-state index is -0.673. The molecule has 84 valence electrons. The van der Waals surface area contributed by atoms with E-state index in [-0.39, 0.29) is 11.2 Å². The van der Waals surface area contributed by atoms with E-state index in [0.29, 0.717) is 5.56 Å². The summed E-state index contributed by atoms with van der Waals surface area (Å²) in [7, 11) is 0. The molecular formula is C13H13FO2. The van der Waals surface area contributed by atoms with Gasteiger partial charge in [-0.15, -0.1) is 0 Å². The van der Waals surface area contributed by atoms with Crippen LogP contribution in [0.1, 0.15) is 30.4 Å². The maximum atomic E-state index is 13.1. The Morgan fingerprint density at radius 3 is 2.50 bits per heavy atom. The number of rotatable bonds is 2. The van der Waals surface area contributed by atoms with Crippen molar-refractivity contribution in [2.75, 3.05) is 0 Å². The van der Waals surface area contributed by atoms with Gasteiger partial charge < -0.3 is 5.11 Å². The molecule has 0 aromatic heterocycles. The van der Waals surface area contributed by atoms with E-state index in [1.54, 1.807) is 13.0 Å². The number of carboxylic acid groups (broad SMARTS) is 1. The van der Waals surface area contributed by atoms with Crippen LogP contribution in [-0.2, 0) is 10.2 Å². The summed E-state index contributed by atoms with van der Waals surface area (Å²) in [5.74, 6) is -0.864. The van der Waals surface area contributed by atoms with E-state index in [1.807, 2.05) is 6.07 Å². The molecule has 3 aliphatic rings. The summed E-state index contributed by atoms with van der Waals surface area (Å²) in [6.07, 6.45) is 2.17. The van der Waals surface area contributed by atoms with Crippen molar-refractivity contribution in [1.29, 1.82) is 0 Å². The van der Waals surface area contributed by atoms with Gasteiger partial charge in [-0.05, 0) is 48.8 Å². The van der Waals surface area contributed by atoms with Crippen LogP contribution in [0.5, 0.6) is 0 Å². The van der Waals surface area contributed by atoms with Gasteiger partial charge in [0.2, 0.25) is 0 Å².